The molecule has 0 amide bonds. The second-order valence-electron chi connectivity index (χ2n) is 6.72. The Hall–Kier alpha value is -4.18. The molecule has 4 aromatic rings. The van der Waals surface area contributed by atoms with Gasteiger partial charge < -0.3 is 14.6 Å². The van der Waals surface area contributed by atoms with Crippen molar-refractivity contribution in [2.24, 2.45) is 0 Å². The number of aromatic nitrogens is 4. The van der Waals surface area contributed by atoms with Crippen LogP contribution in [0, 0.1) is 11.8 Å². The van der Waals surface area contributed by atoms with Gasteiger partial charge in [-0.3, -0.25) is 0 Å². The second kappa shape index (κ2) is 9.09. The van der Waals surface area contributed by atoms with E-state index in [9.17, 15) is 4.79 Å². The van der Waals surface area contributed by atoms with E-state index in [4.69, 9.17) is 4.74 Å². The number of hydrogen-bond donors (Lipinski definition) is 1. The number of benzene rings is 2. The first kappa shape index (κ1) is 20.1. The first-order valence-electron chi connectivity index (χ1n) is 9.91. The smallest absolute Gasteiger partial charge is 0.338 e. The maximum Gasteiger partial charge on any atom is 0.338 e. The quantitative estimate of drug-likeness (QED) is 0.400. The molecule has 0 spiro atoms. The summed E-state index contributed by atoms with van der Waals surface area (Å²) in [4.78, 5) is 25.4. The monoisotopic (exact) mass is 411 g/mol. The van der Waals surface area contributed by atoms with E-state index in [1.54, 1.807) is 32.4 Å². The summed E-state index contributed by atoms with van der Waals surface area (Å²) in [5, 5.41) is 3.07. The molecule has 0 fully saturated rings. The summed E-state index contributed by atoms with van der Waals surface area (Å²) >= 11 is 0. The lowest BCUT2D eigenvalue weighted by Gasteiger charge is -2.07. The minimum absolute atomic E-state index is 0.324. The molecule has 0 saturated heterocycles. The van der Waals surface area contributed by atoms with Crippen LogP contribution < -0.4 is 5.32 Å². The number of esters is 1. The number of ether oxygens (including phenoxy) is 1. The zero-order valence-electron chi connectivity index (χ0n) is 17.3. The number of hydrogen-bond acceptors (Lipinski definition) is 6. The molecular formula is C24H21N5O2. The molecule has 31 heavy (non-hydrogen) atoms. The fraction of sp³-hybridized carbons (Fsp3) is 0.167. The molecule has 0 unspecified atom stereocenters. The van der Waals surface area contributed by atoms with Crippen molar-refractivity contribution in [3.05, 3.63) is 83.4 Å². The molecule has 1 N–H and O–H groups in total. The number of rotatable bonds is 5. The standard InChI is InChI=1S/C24H21N5O2/c1-3-31-24(30)19-12-9-18(10-13-19)15-29-16-26-21-22(25-2)27-20(28-23(21)29)14-11-17-7-5-4-6-8-17/h4-10,12-13,16H,3,15H2,1-2H3,(H,25,27,28). The van der Waals surface area contributed by atoms with Gasteiger partial charge in [0.1, 0.15) is 0 Å². The van der Waals surface area contributed by atoms with Crippen molar-refractivity contribution in [3.8, 4) is 11.8 Å². The van der Waals surface area contributed by atoms with Crippen LogP contribution in [0.15, 0.2) is 60.9 Å². The number of carbonyl (C=O) groups excluding carboxylic acids is 1. The Balaban J connectivity index is 1.64. The van der Waals surface area contributed by atoms with Crippen molar-refractivity contribution in [2.75, 3.05) is 19.0 Å². The van der Waals surface area contributed by atoms with Gasteiger partial charge in [-0.2, -0.15) is 0 Å². The van der Waals surface area contributed by atoms with Crippen molar-refractivity contribution in [1.29, 1.82) is 0 Å². The highest BCUT2D eigenvalue weighted by Gasteiger charge is 2.13. The summed E-state index contributed by atoms with van der Waals surface area (Å²) in [6.45, 7) is 2.69. The number of nitrogens with zero attached hydrogens (tertiary/aromatic N) is 4. The molecule has 4 rings (SSSR count). The predicted octanol–water partition coefficient (Wildman–Crippen LogP) is 3.49. The highest BCUT2D eigenvalue weighted by atomic mass is 16.5. The Morgan fingerprint density at radius 3 is 2.55 bits per heavy atom. The summed E-state index contributed by atoms with van der Waals surface area (Å²) < 4.78 is 6.97. The third kappa shape index (κ3) is 4.54. The zero-order chi connectivity index (χ0) is 21.6. The molecule has 0 aliphatic rings. The lowest BCUT2D eigenvalue weighted by Crippen LogP contribution is -2.06. The van der Waals surface area contributed by atoms with E-state index in [-0.39, 0.29) is 5.97 Å². The van der Waals surface area contributed by atoms with Crippen LogP contribution in [-0.4, -0.2) is 39.1 Å². The Bertz CT molecular complexity index is 1270. The summed E-state index contributed by atoms with van der Waals surface area (Å²) in [5.74, 6) is 6.84. The van der Waals surface area contributed by atoms with Gasteiger partial charge in [0.25, 0.3) is 0 Å². The minimum atomic E-state index is -0.324. The molecule has 0 saturated carbocycles. The zero-order valence-corrected chi connectivity index (χ0v) is 17.3. The number of anilines is 1. The van der Waals surface area contributed by atoms with Gasteiger partial charge in [-0.05, 0) is 42.7 Å². The molecule has 0 aliphatic carbocycles. The van der Waals surface area contributed by atoms with E-state index in [0.717, 1.165) is 11.1 Å². The summed E-state index contributed by atoms with van der Waals surface area (Å²) in [6, 6.07) is 17.0. The average molecular weight is 411 g/mol. The molecular weight excluding hydrogens is 390 g/mol. The highest BCUT2D eigenvalue weighted by molar-refractivity contribution is 5.89. The lowest BCUT2D eigenvalue weighted by atomic mass is 10.1. The molecule has 2 heterocycles. The van der Waals surface area contributed by atoms with E-state index < -0.39 is 0 Å². The van der Waals surface area contributed by atoms with Crippen molar-refractivity contribution in [3.63, 3.8) is 0 Å². The normalized spacial score (nSPS) is 10.4. The fourth-order valence-electron chi connectivity index (χ4n) is 3.10. The molecule has 0 radical (unpaired) electrons. The third-order valence-electron chi connectivity index (χ3n) is 4.61. The molecule has 7 heteroatoms. The predicted molar refractivity (Wildman–Crippen MR) is 119 cm³/mol. The molecule has 0 bridgehead atoms. The Labute approximate surface area is 180 Å². The van der Waals surface area contributed by atoms with Crippen LogP contribution in [0.5, 0.6) is 0 Å². The number of imidazole rings is 1. The molecule has 2 aromatic carbocycles. The molecule has 0 aliphatic heterocycles. The topological polar surface area (TPSA) is 81.9 Å². The minimum Gasteiger partial charge on any atom is -0.462 e. The Morgan fingerprint density at radius 1 is 1.06 bits per heavy atom. The van der Waals surface area contributed by atoms with Crippen molar-refractivity contribution in [1.82, 2.24) is 19.5 Å². The van der Waals surface area contributed by atoms with E-state index in [2.05, 4.69) is 32.1 Å². The highest BCUT2D eigenvalue weighted by Crippen LogP contribution is 2.19. The van der Waals surface area contributed by atoms with Crippen LogP contribution in [0.4, 0.5) is 5.82 Å². The lowest BCUT2D eigenvalue weighted by molar-refractivity contribution is 0.0526. The molecule has 154 valence electrons. The van der Waals surface area contributed by atoms with Gasteiger partial charge in [0.05, 0.1) is 25.0 Å². The second-order valence-corrected chi connectivity index (χ2v) is 6.72. The Kier molecular flexibility index (Phi) is 5.90. The average Bonchev–Trinajstić information content (AvgIpc) is 3.21. The van der Waals surface area contributed by atoms with Crippen LogP contribution in [0.25, 0.3) is 11.2 Å². The largest absolute Gasteiger partial charge is 0.462 e. The van der Waals surface area contributed by atoms with Crippen LogP contribution in [0.1, 0.15) is 34.2 Å². The molecule has 0 atom stereocenters. The maximum absolute atomic E-state index is 11.8. The van der Waals surface area contributed by atoms with Crippen LogP contribution in [0.3, 0.4) is 0 Å². The van der Waals surface area contributed by atoms with Crippen LogP contribution in [-0.2, 0) is 11.3 Å². The van der Waals surface area contributed by atoms with Gasteiger partial charge in [-0.15, -0.1) is 0 Å². The number of carbonyl (C=O) groups is 1. The van der Waals surface area contributed by atoms with Crippen LogP contribution in [0.2, 0.25) is 0 Å². The molecule has 2 aromatic heterocycles. The van der Waals surface area contributed by atoms with Gasteiger partial charge in [0.15, 0.2) is 17.0 Å². The SMILES string of the molecule is CCOC(=O)c1ccc(Cn2cnc3c(NC)nc(C#Cc4ccccc4)nc32)cc1. The first-order valence-corrected chi connectivity index (χ1v) is 9.91. The van der Waals surface area contributed by atoms with Crippen LogP contribution >= 0.6 is 0 Å². The number of nitrogens with one attached hydrogen (secondary N) is 1. The van der Waals surface area contributed by atoms with E-state index in [0.29, 0.717) is 41.5 Å². The van der Waals surface area contributed by atoms with E-state index in [1.807, 2.05) is 47.0 Å². The summed E-state index contributed by atoms with van der Waals surface area (Å²) in [5.41, 5.74) is 3.79. The van der Waals surface area contributed by atoms with Gasteiger partial charge in [0, 0.05) is 12.6 Å². The third-order valence-corrected chi connectivity index (χ3v) is 4.61. The van der Waals surface area contributed by atoms with Gasteiger partial charge in [-0.1, -0.05) is 36.3 Å². The van der Waals surface area contributed by atoms with Crippen molar-refractivity contribution < 1.29 is 9.53 Å². The van der Waals surface area contributed by atoms with Gasteiger partial charge in [-0.25, -0.2) is 19.7 Å². The van der Waals surface area contributed by atoms with Gasteiger partial charge in [0.2, 0.25) is 5.82 Å². The number of fused-ring (bicyclic) bond motifs is 1. The van der Waals surface area contributed by atoms with E-state index in [1.165, 1.54) is 0 Å². The fourth-order valence-corrected chi connectivity index (χ4v) is 3.10. The van der Waals surface area contributed by atoms with Crippen molar-refractivity contribution >= 4 is 23.0 Å². The summed E-state index contributed by atoms with van der Waals surface area (Å²) in [7, 11) is 1.79. The van der Waals surface area contributed by atoms with E-state index >= 15 is 0 Å². The molecule has 7 nitrogen and oxygen atoms in total. The van der Waals surface area contributed by atoms with Crippen molar-refractivity contribution in [2.45, 2.75) is 13.5 Å². The first-order chi connectivity index (χ1) is 15.2. The summed E-state index contributed by atoms with van der Waals surface area (Å²) in [6.07, 6.45) is 1.73. The van der Waals surface area contributed by atoms with Gasteiger partial charge >= 0.3 is 5.97 Å². The maximum atomic E-state index is 11.8. The Morgan fingerprint density at radius 2 is 1.84 bits per heavy atom.